The van der Waals surface area contributed by atoms with Gasteiger partial charge in [-0.2, -0.15) is 0 Å². The van der Waals surface area contributed by atoms with E-state index in [0.29, 0.717) is 40.5 Å². The number of hydrogen-bond acceptors (Lipinski definition) is 3. The summed E-state index contributed by atoms with van der Waals surface area (Å²) in [6, 6.07) is 6.92. The molecule has 3 atom stereocenters. The van der Waals surface area contributed by atoms with Crippen molar-refractivity contribution in [2.45, 2.75) is 40.0 Å². The van der Waals surface area contributed by atoms with E-state index in [-0.39, 0.29) is 5.97 Å². The molecule has 0 unspecified atom stereocenters. The lowest BCUT2D eigenvalue weighted by Gasteiger charge is -2.34. The topological polar surface area (TPSA) is 52.3 Å². The quantitative estimate of drug-likeness (QED) is 0.678. The largest absolute Gasteiger partial charge is 0.462 e. The molecule has 0 aromatic heterocycles. The number of benzene rings is 1. The maximum absolute atomic E-state index is 12.1. The summed E-state index contributed by atoms with van der Waals surface area (Å²) in [6.07, 6.45) is 3.76. The lowest BCUT2D eigenvalue weighted by molar-refractivity contribution is 0.0374. The Kier molecular flexibility index (Phi) is 3.27. The molecular weight excluding hydrogens is 262 g/mol. The van der Waals surface area contributed by atoms with Gasteiger partial charge in [-0.1, -0.05) is 20.8 Å². The van der Waals surface area contributed by atoms with Crippen LogP contribution in [0, 0.1) is 22.7 Å². The minimum Gasteiger partial charge on any atom is -0.462 e. The number of ether oxygens (including phenoxy) is 1. The fraction of sp³-hybridized carbons (Fsp3) is 0.611. The van der Waals surface area contributed by atoms with E-state index < -0.39 is 0 Å². The van der Waals surface area contributed by atoms with Crippen molar-refractivity contribution < 1.29 is 9.53 Å². The van der Waals surface area contributed by atoms with Crippen LogP contribution < -0.4 is 5.73 Å². The van der Waals surface area contributed by atoms with Crippen LogP contribution in [0.4, 0.5) is 5.69 Å². The minimum absolute atomic E-state index is 0.235. The molecule has 3 rings (SSSR count). The van der Waals surface area contributed by atoms with E-state index >= 15 is 0 Å². The SMILES string of the molecule is CC1(C)[C@H]2CC[C@@]1(C)C[C@@H]2COC(=O)c1ccc(N)cc1. The summed E-state index contributed by atoms with van der Waals surface area (Å²) in [6.45, 7) is 7.71. The van der Waals surface area contributed by atoms with E-state index in [1.54, 1.807) is 24.3 Å². The highest BCUT2D eigenvalue weighted by Crippen LogP contribution is 2.67. The van der Waals surface area contributed by atoms with E-state index in [1.165, 1.54) is 19.3 Å². The third kappa shape index (κ3) is 2.23. The molecule has 2 aliphatic carbocycles. The third-order valence-corrected chi connectivity index (χ3v) is 6.35. The summed E-state index contributed by atoms with van der Waals surface area (Å²) in [5.41, 5.74) is 7.66. The molecule has 0 spiro atoms. The molecular formula is C18H25NO2. The highest BCUT2D eigenvalue weighted by atomic mass is 16.5. The van der Waals surface area contributed by atoms with Crippen molar-refractivity contribution in [1.82, 2.24) is 0 Å². The van der Waals surface area contributed by atoms with Gasteiger partial charge in [-0.3, -0.25) is 0 Å². The van der Waals surface area contributed by atoms with Gasteiger partial charge in [-0.05, 0) is 66.2 Å². The zero-order valence-corrected chi connectivity index (χ0v) is 13.2. The predicted octanol–water partition coefficient (Wildman–Crippen LogP) is 3.89. The van der Waals surface area contributed by atoms with Gasteiger partial charge in [-0.25, -0.2) is 4.79 Å². The zero-order chi connectivity index (χ0) is 15.3. The average Bonchev–Trinajstić information content (AvgIpc) is 2.78. The van der Waals surface area contributed by atoms with E-state index in [1.807, 2.05) is 0 Å². The maximum Gasteiger partial charge on any atom is 0.338 e. The first-order chi connectivity index (χ1) is 9.83. The Bertz CT molecular complexity index is 546. The first kappa shape index (κ1) is 14.4. The summed E-state index contributed by atoms with van der Waals surface area (Å²) >= 11 is 0. The number of anilines is 1. The summed E-state index contributed by atoms with van der Waals surface area (Å²) < 4.78 is 5.56. The van der Waals surface area contributed by atoms with Crippen LogP contribution in [0.5, 0.6) is 0 Å². The van der Waals surface area contributed by atoms with Crippen LogP contribution in [-0.4, -0.2) is 12.6 Å². The van der Waals surface area contributed by atoms with E-state index in [4.69, 9.17) is 10.5 Å². The van der Waals surface area contributed by atoms with Crippen molar-refractivity contribution in [3.05, 3.63) is 29.8 Å². The van der Waals surface area contributed by atoms with E-state index in [2.05, 4.69) is 20.8 Å². The van der Waals surface area contributed by atoms with Crippen LogP contribution in [0.25, 0.3) is 0 Å². The second-order valence-electron chi connectivity index (χ2n) is 7.61. The summed E-state index contributed by atoms with van der Waals surface area (Å²) in [7, 11) is 0. The fourth-order valence-electron chi connectivity index (χ4n) is 4.58. The van der Waals surface area contributed by atoms with Gasteiger partial charge in [0.25, 0.3) is 0 Å². The lowest BCUT2D eigenvalue weighted by Crippen LogP contribution is -2.26. The smallest absolute Gasteiger partial charge is 0.338 e. The van der Waals surface area contributed by atoms with Crippen molar-refractivity contribution in [1.29, 1.82) is 0 Å². The van der Waals surface area contributed by atoms with Gasteiger partial charge in [-0.15, -0.1) is 0 Å². The molecule has 0 radical (unpaired) electrons. The summed E-state index contributed by atoms with van der Waals surface area (Å²) in [5, 5.41) is 0. The number of rotatable bonds is 3. The predicted molar refractivity (Wildman–Crippen MR) is 83.9 cm³/mol. The van der Waals surface area contributed by atoms with Crippen molar-refractivity contribution in [3.8, 4) is 0 Å². The zero-order valence-electron chi connectivity index (χ0n) is 13.2. The van der Waals surface area contributed by atoms with Crippen molar-refractivity contribution in [2.24, 2.45) is 22.7 Å². The van der Waals surface area contributed by atoms with Gasteiger partial charge < -0.3 is 10.5 Å². The Labute approximate surface area is 126 Å². The van der Waals surface area contributed by atoms with Gasteiger partial charge in [0.15, 0.2) is 0 Å². The molecule has 3 nitrogen and oxygen atoms in total. The molecule has 0 saturated heterocycles. The Morgan fingerprint density at radius 3 is 2.48 bits per heavy atom. The number of nitrogen functional groups attached to an aromatic ring is 1. The number of nitrogens with two attached hydrogens (primary N) is 1. The Balaban J connectivity index is 1.62. The second kappa shape index (κ2) is 4.75. The standard InChI is InChI=1S/C18H25NO2/c1-17(2)15-8-9-18(17,3)10-13(15)11-21-16(20)12-4-6-14(19)7-5-12/h4-7,13,15H,8-11,19H2,1-3H3/t13-,15+,18+/m1/s1. The minimum atomic E-state index is -0.235. The van der Waals surface area contributed by atoms with Crippen LogP contribution >= 0.6 is 0 Å². The van der Waals surface area contributed by atoms with E-state index in [0.717, 1.165) is 0 Å². The maximum atomic E-state index is 12.1. The molecule has 2 aliphatic rings. The van der Waals surface area contributed by atoms with Crippen LogP contribution in [-0.2, 0) is 4.74 Å². The highest BCUT2D eigenvalue weighted by Gasteiger charge is 2.60. The monoisotopic (exact) mass is 287 g/mol. The van der Waals surface area contributed by atoms with Crippen LogP contribution in [0.15, 0.2) is 24.3 Å². The molecule has 1 aromatic carbocycles. The Morgan fingerprint density at radius 2 is 1.95 bits per heavy atom. The molecule has 2 fully saturated rings. The second-order valence-corrected chi connectivity index (χ2v) is 7.61. The van der Waals surface area contributed by atoms with Crippen molar-refractivity contribution in [2.75, 3.05) is 12.3 Å². The number of carbonyl (C=O) groups is 1. The molecule has 1 aromatic rings. The van der Waals surface area contributed by atoms with Gasteiger partial charge in [0.05, 0.1) is 12.2 Å². The highest BCUT2D eigenvalue weighted by molar-refractivity contribution is 5.89. The summed E-state index contributed by atoms with van der Waals surface area (Å²) in [5.74, 6) is 0.957. The molecule has 0 heterocycles. The molecule has 0 amide bonds. The van der Waals surface area contributed by atoms with E-state index in [9.17, 15) is 4.79 Å². The lowest BCUT2D eigenvalue weighted by atomic mass is 9.71. The number of fused-ring (bicyclic) bond motifs is 2. The first-order valence-corrected chi connectivity index (χ1v) is 7.86. The van der Waals surface area contributed by atoms with Gasteiger partial charge in [0.2, 0.25) is 0 Å². The number of hydrogen-bond donors (Lipinski definition) is 1. The molecule has 0 aliphatic heterocycles. The molecule has 2 saturated carbocycles. The third-order valence-electron chi connectivity index (χ3n) is 6.35. The molecule has 21 heavy (non-hydrogen) atoms. The number of carbonyl (C=O) groups excluding carboxylic acids is 1. The van der Waals surface area contributed by atoms with Crippen LogP contribution in [0.2, 0.25) is 0 Å². The van der Waals surface area contributed by atoms with Crippen molar-refractivity contribution >= 4 is 11.7 Å². The van der Waals surface area contributed by atoms with Crippen molar-refractivity contribution in [3.63, 3.8) is 0 Å². The normalized spacial score (nSPS) is 33.1. The van der Waals surface area contributed by atoms with Gasteiger partial charge >= 0.3 is 5.97 Å². The van der Waals surface area contributed by atoms with Gasteiger partial charge in [0.1, 0.15) is 0 Å². The average molecular weight is 287 g/mol. The molecule has 114 valence electrons. The molecule has 3 heteroatoms. The summed E-state index contributed by atoms with van der Waals surface area (Å²) in [4.78, 5) is 12.1. The molecule has 2 N–H and O–H groups in total. The number of esters is 1. The molecule has 2 bridgehead atoms. The van der Waals surface area contributed by atoms with Gasteiger partial charge in [0, 0.05) is 5.69 Å². The van der Waals surface area contributed by atoms with Crippen LogP contribution in [0.1, 0.15) is 50.4 Å². The Morgan fingerprint density at radius 1 is 1.29 bits per heavy atom. The fourth-order valence-corrected chi connectivity index (χ4v) is 4.58. The first-order valence-electron chi connectivity index (χ1n) is 7.86. The Hall–Kier alpha value is -1.51. The van der Waals surface area contributed by atoms with Crippen LogP contribution in [0.3, 0.4) is 0 Å².